The Hall–Kier alpha value is -1.88. The van der Waals surface area contributed by atoms with Gasteiger partial charge in [0, 0.05) is 13.1 Å². The third-order valence-corrected chi connectivity index (χ3v) is 4.38. The zero-order valence-corrected chi connectivity index (χ0v) is 14.4. The highest BCUT2D eigenvalue weighted by Crippen LogP contribution is 2.24. The second-order valence-electron chi connectivity index (χ2n) is 6.62. The summed E-state index contributed by atoms with van der Waals surface area (Å²) < 4.78 is 5.25. The minimum atomic E-state index is -0.687. The number of carbonyl (C=O) groups excluding carboxylic acids is 2. The highest BCUT2D eigenvalue weighted by molar-refractivity contribution is 5.92. The van der Waals surface area contributed by atoms with Gasteiger partial charge in [0.2, 0.25) is 11.8 Å². The summed E-state index contributed by atoms with van der Waals surface area (Å²) >= 11 is 0. The van der Waals surface area contributed by atoms with Crippen LogP contribution in [0.25, 0.3) is 0 Å². The van der Waals surface area contributed by atoms with Crippen LogP contribution in [-0.2, 0) is 19.7 Å². The molecule has 1 aromatic rings. The predicted molar refractivity (Wildman–Crippen MR) is 89.2 cm³/mol. The molecule has 0 aliphatic carbocycles. The Balaban J connectivity index is 2.01. The fourth-order valence-corrected chi connectivity index (χ4v) is 2.60. The van der Waals surface area contributed by atoms with Gasteiger partial charge in [0.05, 0.1) is 18.6 Å². The Bertz CT molecular complexity index is 560. The number of benzene rings is 1. The summed E-state index contributed by atoms with van der Waals surface area (Å²) in [5.74, 6) is -0.197. The number of hydrogen-bond donors (Lipinski definition) is 1. The summed E-state index contributed by atoms with van der Waals surface area (Å²) in [6.07, 6.45) is 0. The molecule has 1 fully saturated rings. The Morgan fingerprint density at radius 3 is 2.30 bits per heavy atom. The van der Waals surface area contributed by atoms with Crippen LogP contribution in [0.1, 0.15) is 31.9 Å². The van der Waals surface area contributed by atoms with E-state index in [0.717, 1.165) is 11.1 Å². The van der Waals surface area contributed by atoms with Crippen molar-refractivity contribution in [2.24, 2.45) is 0 Å². The molecule has 5 heteroatoms. The van der Waals surface area contributed by atoms with Crippen LogP contribution in [0.4, 0.5) is 0 Å². The Morgan fingerprint density at radius 2 is 1.74 bits per heavy atom. The third kappa shape index (κ3) is 4.10. The van der Waals surface area contributed by atoms with Crippen LogP contribution in [0.2, 0.25) is 0 Å². The van der Waals surface area contributed by atoms with Crippen molar-refractivity contribution in [2.75, 3.05) is 26.3 Å². The first-order valence-corrected chi connectivity index (χ1v) is 8.07. The zero-order chi connectivity index (χ0) is 17.0. The second-order valence-corrected chi connectivity index (χ2v) is 6.62. The fraction of sp³-hybridized carbons (Fsp3) is 0.556. The number of aryl methyl sites for hydroxylation is 1. The smallest absolute Gasteiger partial charge is 0.245 e. The van der Waals surface area contributed by atoms with E-state index in [1.165, 1.54) is 0 Å². The normalized spacial score (nSPS) is 16.8. The van der Waals surface area contributed by atoms with E-state index in [9.17, 15) is 9.59 Å². The molecular formula is C18H26N2O3. The van der Waals surface area contributed by atoms with E-state index in [4.69, 9.17) is 4.74 Å². The second kappa shape index (κ2) is 7.13. The van der Waals surface area contributed by atoms with Gasteiger partial charge in [0.25, 0.3) is 0 Å². The first kappa shape index (κ1) is 17.5. The molecule has 1 N–H and O–H groups in total. The lowest BCUT2D eigenvalue weighted by Gasteiger charge is -2.31. The lowest BCUT2D eigenvalue weighted by molar-refractivity contribution is -0.140. The average Bonchev–Trinajstić information content (AvgIpc) is 2.55. The highest BCUT2D eigenvalue weighted by Gasteiger charge is 2.32. The van der Waals surface area contributed by atoms with Crippen molar-refractivity contribution in [3.8, 4) is 0 Å². The fourth-order valence-electron chi connectivity index (χ4n) is 2.60. The summed E-state index contributed by atoms with van der Waals surface area (Å²) in [6, 6.07) is 7.37. The summed E-state index contributed by atoms with van der Waals surface area (Å²) in [4.78, 5) is 26.8. The molecule has 0 saturated carbocycles. The number of amides is 2. The summed E-state index contributed by atoms with van der Waals surface area (Å²) in [5, 5.41) is 2.86. The van der Waals surface area contributed by atoms with E-state index in [1.54, 1.807) is 11.8 Å². The molecule has 1 unspecified atom stereocenters. The van der Waals surface area contributed by atoms with Crippen molar-refractivity contribution in [3.05, 3.63) is 35.4 Å². The van der Waals surface area contributed by atoms with Crippen molar-refractivity contribution in [1.82, 2.24) is 10.2 Å². The Kier molecular flexibility index (Phi) is 5.42. The van der Waals surface area contributed by atoms with Gasteiger partial charge in [-0.25, -0.2) is 0 Å². The first-order valence-electron chi connectivity index (χ1n) is 8.07. The standard InChI is InChI=1S/C18H26N2O3/c1-13-5-7-15(8-6-13)18(3,4)17(22)19-14(2)16(21)20-9-11-23-12-10-20/h5-8,14H,9-12H2,1-4H3,(H,19,22). The molecule has 1 heterocycles. The van der Waals surface area contributed by atoms with Gasteiger partial charge in [-0.1, -0.05) is 29.8 Å². The number of carbonyl (C=O) groups is 2. The Labute approximate surface area is 138 Å². The SMILES string of the molecule is Cc1ccc(C(C)(C)C(=O)NC(C)C(=O)N2CCOCC2)cc1. The van der Waals surface area contributed by atoms with Gasteiger partial charge < -0.3 is 15.0 Å². The van der Waals surface area contributed by atoms with Crippen molar-refractivity contribution in [2.45, 2.75) is 39.2 Å². The van der Waals surface area contributed by atoms with E-state index in [2.05, 4.69) is 5.32 Å². The Morgan fingerprint density at radius 1 is 1.17 bits per heavy atom. The molecule has 1 saturated heterocycles. The molecule has 0 spiro atoms. The average molecular weight is 318 g/mol. The molecule has 1 aliphatic heterocycles. The van der Waals surface area contributed by atoms with E-state index in [-0.39, 0.29) is 11.8 Å². The molecule has 2 rings (SSSR count). The van der Waals surface area contributed by atoms with Crippen LogP contribution in [0.15, 0.2) is 24.3 Å². The molecule has 126 valence electrons. The predicted octanol–water partition coefficient (Wildman–Crippen LogP) is 1.64. The summed E-state index contributed by atoms with van der Waals surface area (Å²) in [7, 11) is 0. The lowest BCUT2D eigenvalue weighted by Crippen LogP contribution is -2.53. The third-order valence-electron chi connectivity index (χ3n) is 4.38. The van der Waals surface area contributed by atoms with Crippen LogP contribution in [0, 0.1) is 6.92 Å². The topological polar surface area (TPSA) is 58.6 Å². The summed E-state index contributed by atoms with van der Waals surface area (Å²) in [6.45, 7) is 9.78. The maximum atomic E-state index is 12.6. The number of nitrogens with one attached hydrogen (secondary N) is 1. The van der Waals surface area contributed by atoms with Gasteiger partial charge in [-0.3, -0.25) is 9.59 Å². The van der Waals surface area contributed by atoms with Gasteiger partial charge in [-0.2, -0.15) is 0 Å². The van der Waals surface area contributed by atoms with Crippen molar-refractivity contribution >= 4 is 11.8 Å². The molecule has 2 amide bonds. The van der Waals surface area contributed by atoms with Crippen LogP contribution in [0.5, 0.6) is 0 Å². The van der Waals surface area contributed by atoms with Crippen LogP contribution in [0.3, 0.4) is 0 Å². The van der Waals surface area contributed by atoms with Gasteiger partial charge in [0.15, 0.2) is 0 Å². The van der Waals surface area contributed by atoms with Crippen molar-refractivity contribution in [3.63, 3.8) is 0 Å². The van der Waals surface area contributed by atoms with E-state index >= 15 is 0 Å². The number of ether oxygens (including phenoxy) is 1. The minimum absolute atomic E-state index is 0.0543. The number of rotatable bonds is 4. The van der Waals surface area contributed by atoms with Gasteiger partial charge in [-0.15, -0.1) is 0 Å². The molecule has 0 bridgehead atoms. The largest absolute Gasteiger partial charge is 0.378 e. The van der Waals surface area contributed by atoms with Gasteiger partial charge in [0.1, 0.15) is 6.04 Å². The molecule has 0 aromatic heterocycles. The number of hydrogen-bond acceptors (Lipinski definition) is 3. The molecule has 5 nitrogen and oxygen atoms in total. The maximum absolute atomic E-state index is 12.6. The van der Waals surface area contributed by atoms with Crippen LogP contribution >= 0.6 is 0 Å². The lowest BCUT2D eigenvalue weighted by atomic mass is 9.83. The van der Waals surface area contributed by atoms with Crippen LogP contribution in [-0.4, -0.2) is 49.1 Å². The molecule has 0 radical (unpaired) electrons. The van der Waals surface area contributed by atoms with E-state index < -0.39 is 11.5 Å². The molecule has 1 aliphatic rings. The van der Waals surface area contributed by atoms with E-state index in [1.807, 2.05) is 45.0 Å². The highest BCUT2D eigenvalue weighted by atomic mass is 16.5. The molecule has 1 atom stereocenters. The number of nitrogens with zero attached hydrogens (tertiary/aromatic N) is 1. The van der Waals surface area contributed by atoms with Crippen molar-refractivity contribution in [1.29, 1.82) is 0 Å². The van der Waals surface area contributed by atoms with Crippen molar-refractivity contribution < 1.29 is 14.3 Å². The molecular weight excluding hydrogens is 292 g/mol. The zero-order valence-electron chi connectivity index (χ0n) is 14.4. The van der Waals surface area contributed by atoms with Crippen LogP contribution < -0.4 is 5.32 Å². The van der Waals surface area contributed by atoms with E-state index in [0.29, 0.717) is 26.3 Å². The quantitative estimate of drug-likeness (QED) is 0.918. The monoisotopic (exact) mass is 318 g/mol. The van der Waals surface area contributed by atoms with Gasteiger partial charge >= 0.3 is 0 Å². The first-order chi connectivity index (χ1) is 10.8. The molecule has 1 aromatic carbocycles. The molecule has 23 heavy (non-hydrogen) atoms. The summed E-state index contributed by atoms with van der Waals surface area (Å²) in [5.41, 5.74) is 1.40. The minimum Gasteiger partial charge on any atom is -0.378 e. The number of morpholine rings is 1. The van der Waals surface area contributed by atoms with Gasteiger partial charge in [-0.05, 0) is 33.3 Å². The maximum Gasteiger partial charge on any atom is 0.245 e.